The number of nitrogen functional groups attached to an aromatic ring is 1. The molecule has 2 N–H and O–H groups in total. The first kappa shape index (κ1) is 12.0. The lowest BCUT2D eigenvalue weighted by atomic mass is 10.1. The number of hydrogen-bond acceptors (Lipinski definition) is 7. The van der Waals surface area contributed by atoms with Crippen molar-refractivity contribution in [3.63, 3.8) is 0 Å². The van der Waals surface area contributed by atoms with Gasteiger partial charge in [0, 0.05) is 30.1 Å². The van der Waals surface area contributed by atoms with Gasteiger partial charge in [0.1, 0.15) is 5.82 Å². The molecule has 3 rings (SSSR count). The third-order valence-corrected chi connectivity index (χ3v) is 2.97. The summed E-state index contributed by atoms with van der Waals surface area (Å²) in [6.07, 6.45) is 8.90. The van der Waals surface area contributed by atoms with Crippen molar-refractivity contribution in [2.45, 2.75) is 13.3 Å². The number of rotatable bonds is 2. The van der Waals surface area contributed by atoms with E-state index in [1.165, 1.54) is 0 Å². The molecule has 0 unspecified atom stereocenters. The van der Waals surface area contributed by atoms with Crippen molar-refractivity contribution in [1.82, 2.24) is 25.3 Å². The molecule has 0 fully saturated rings. The van der Waals surface area contributed by atoms with Crippen molar-refractivity contribution in [2.24, 2.45) is 0 Å². The summed E-state index contributed by atoms with van der Waals surface area (Å²) in [7, 11) is 0. The molecule has 98 valence electrons. The van der Waals surface area contributed by atoms with Crippen LogP contribution in [-0.2, 0) is 6.42 Å². The number of fused-ring (bicyclic) bond motifs is 1. The van der Waals surface area contributed by atoms with Crippen LogP contribution in [0.2, 0.25) is 0 Å². The number of aryl methyl sites for hydroxylation is 1. The Morgan fingerprint density at radius 2 is 2.05 bits per heavy atom. The van der Waals surface area contributed by atoms with E-state index in [-0.39, 0.29) is 0 Å². The number of hydrogen-bond donors (Lipinski definition) is 1. The first-order chi connectivity index (χ1) is 9.69. The van der Waals surface area contributed by atoms with E-state index in [2.05, 4.69) is 35.8 Å². The van der Waals surface area contributed by atoms with Gasteiger partial charge in [0.25, 0.3) is 0 Å². The second-order valence-electron chi connectivity index (χ2n) is 4.23. The van der Waals surface area contributed by atoms with Crippen LogP contribution >= 0.6 is 0 Å². The second kappa shape index (κ2) is 4.59. The number of aromatic nitrogens is 5. The molecule has 3 aromatic heterocycles. The minimum Gasteiger partial charge on any atom is -0.396 e. The number of terminal acetylenes is 1. The lowest BCUT2D eigenvalue weighted by Gasteiger charge is -2.07. The standard InChI is InChI=1S/C13H10N6O/c1-3-8-5-15-10(16-6-8)4-9-7(2)17-13-12(11(9)14)18-20-19-13/h1,5-6H,4,14H2,2H3. The minimum absolute atomic E-state index is 0.396. The van der Waals surface area contributed by atoms with E-state index in [1.807, 2.05) is 6.92 Å². The molecule has 20 heavy (non-hydrogen) atoms. The van der Waals surface area contributed by atoms with Gasteiger partial charge in [-0.2, -0.15) is 0 Å². The molecular weight excluding hydrogens is 256 g/mol. The van der Waals surface area contributed by atoms with Gasteiger partial charge in [-0.1, -0.05) is 5.92 Å². The van der Waals surface area contributed by atoms with Crippen LogP contribution in [0.25, 0.3) is 11.2 Å². The van der Waals surface area contributed by atoms with E-state index in [0.717, 1.165) is 11.3 Å². The summed E-state index contributed by atoms with van der Waals surface area (Å²) >= 11 is 0. The third kappa shape index (κ3) is 1.93. The maximum atomic E-state index is 6.08. The normalized spacial score (nSPS) is 10.6. The van der Waals surface area contributed by atoms with Gasteiger partial charge < -0.3 is 5.73 Å². The van der Waals surface area contributed by atoms with Crippen molar-refractivity contribution in [3.8, 4) is 12.3 Å². The zero-order valence-electron chi connectivity index (χ0n) is 10.7. The van der Waals surface area contributed by atoms with Crippen LogP contribution in [0.4, 0.5) is 5.69 Å². The summed E-state index contributed by atoms with van der Waals surface area (Å²) in [5, 5.41) is 7.43. The van der Waals surface area contributed by atoms with Crippen LogP contribution in [-0.4, -0.2) is 25.3 Å². The Labute approximate surface area is 114 Å². The maximum absolute atomic E-state index is 6.08. The molecule has 0 atom stereocenters. The number of nitrogens with zero attached hydrogens (tertiary/aromatic N) is 5. The average Bonchev–Trinajstić information content (AvgIpc) is 2.92. The molecule has 0 saturated heterocycles. The van der Waals surface area contributed by atoms with E-state index in [0.29, 0.717) is 34.7 Å². The van der Waals surface area contributed by atoms with Gasteiger partial charge in [-0.05, 0) is 17.2 Å². The van der Waals surface area contributed by atoms with E-state index in [4.69, 9.17) is 12.2 Å². The SMILES string of the molecule is C#Cc1cnc(Cc2c(C)nc3nonc3c2N)nc1. The highest BCUT2D eigenvalue weighted by atomic mass is 16.6. The molecule has 7 nitrogen and oxygen atoms in total. The van der Waals surface area contributed by atoms with Gasteiger partial charge in [-0.25, -0.2) is 19.6 Å². The largest absolute Gasteiger partial charge is 0.396 e. The second-order valence-corrected chi connectivity index (χ2v) is 4.23. The van der Waals surface area contributed by atoms with Crippen molar-refractivity contribution in [3.05, 3.63) is 35.0 Å². The lowest BCUT2D eigenvalue weighted by Crippen LogP contribution is -2.05. The highest BCUT2D eigenvalue weighted by Gasteiger charge is 2.15. The predicted octanol–water partition coefficient (Wildman–Crippen LogP) is 0.871. The fourth-order valence-corrected chi connectivity index (χ4v) is 1.89. The van der Waals surface area contributed by atoms with Gasteiger partial charge in [0.15, 0.2) is 5.52 Å². The number of anilines is 1. The Morgan fingerprint density at radius 3 is 2.75 bits per heavy atom. The fourth-order valence-electron chi connectivity index (χ4n) is 1.89. The van der Waals surface area contributed by atoms with E-state index in [1.54, 1.807) is 12.4 Å². The van der Waals surface area contributed by atoms with Crippen molar-refractivity contribution in [2.75, 3.05) is 5.73 Å². The highest BCUT2D eigenvalue weighted by Crippen LogP contribution is 2.24. The zero-order chi connectivity index (χ0) is 14.1. The smallest absolute Gasteiger partial charge is 0.226 e. The van der Waals surface area contributed by atoms with Gasteiger partial charge >= 0.3 is 0 Å². The lowest BCUT2D eigenvalue weighted by molar-refractivity contribution is 0.315. The first-order valence-corrected chi connectivity index (χ1v) is 5.83. The molecule has 3 heterocycles. The average molecular weight is 266 g/mol. The first-order valence-electron chi connectivity index (χ1n) is 5.83. The summed E-state index contributed by atoms with van der Waals surface area (Å²) in [4.78, 5) is 12.7. The van der Waals surface area contributed by atoms with Crippen LogP contribution in [0.15, 0.2) is 17.0 Å². The number of pyridine rings is 1. The summed E-state index contributed by atoms with van der Waals surface area (Å²) in [5.74, 6) is 3.08. The Hall–Kier alpha value is -3.01. The Bertz CT molecular complexity index is 815. The van der Waals surface area contributed by atoms with Crippen LogP contribution in [0.5, 0.6) is 0 Å². The van der Waals surface area contributed by atoms with Crippen molar-refractivity contribution < 1.29 is 4.63 Å². The highest BCUT2D eigenvalue weighted by molar-refractivity contribution is 5.85. The summed E-state index contributed by atoms with van der Waals surface area (Å²) in [6.45, 7) is 1.84. The van der Waals surface area contributed by atoms with Crippen molar-refractivity contribution in [1.29, 1.82) is 0 Å². The summed E-state index contributed by atoms with van der Waals surface area (Å²) in [6, 6.07) is 0. The molecule has 0 aliphatic carbocycles. The molecule has 0 bridgehead atoms. The van der Waals surface area contributed by atoms with E-state index in [9.17, 15) is 0 Å². The monoisotopic (exact) mass is 266 g/mol. The molecule has 0 aliphatic rings. The Morgan fingerprint density at radius 1 is 1.30 bits per heavy atom. The van der Waals surface area contributed by atoms with Crippen LogP contribution in [0.3, 0.4) is 0 Å². The minimum atomic E-state index is 0.396. The summed E-state index contributed by atoms with van der Waals surface area (Å²) in [5.41, 5.74) is 9.59. The zero-order valence-corrected chi connectivity index (χ0v) is 10.7. The Balaban J connectivity index is 2.03. The fraction of sp³-hybridized carbons (Fsp3) is 0.154. The van der Waals surface area contributed by atoms with E-state index < -0.39 is 0 Å². The third-order valence-electron chi connectivity index (χ3n) is 2.97. The summed E-state index contributed by atoms with van der Waals surface area (Å²) < 4.78 is 4.64. The number of nitrogens with two attached hydrogens (primary N) is 1. The maximum Gasteiger partial charge on any atom is 0.226 e. The Kier molecular flexibility index (Phi) is 2.76. The molecule has 0 radical (unpaired) electrons. The molecule has 0 amide bonds. The molecular formula is C13H10N6O. The molecule has 0 aromatic carbocycles. The molecule has 7 heteroatoms. The quantitative estimate of drug-likeness (QED) is 0.686. The predicted molar refractivity (Wildman–Crippen MR) is 71.5 cm³/mol. The van der Waals surface area contributed by atoms with Crippen molar-refractivity contribution >= 4 is 16.9 Å². The van der Waals surface area contributed by atoms with Crippen LogP contribution < -0.4 is 5.73 Å². The molecule has 0 aliphatic heterocycles. The molecule has 3 aromatic rings. The molecule has 0 saturated carbocycles. The topological polar surface area (TPSA) is 104 Å². The van der Waals surface area contributed by atoms with Crippen LogP contribution in [0, 0.1) is 19.3 Å². The van der Waals surface area contributed by atoms with E-state index >= 15 is 0 Å². The van der Waals surface area contributed by atoms with Gasteiger partial charge in [0.05, 0.1) is 11.3 Å². The van der Waals surface area contributed by atoms with Gasteiger partial charge in [-0.15, -0.1) is 6.42 Å². The van der Waals surface area contributed by atoms with Gasteiger partial charge in [0.2, 0.25) is 5.65 Å². The molecule has 0 spiro atoms. The van der Waals surface area contributed by atoms with Gasteiger partial charge in [-0.3, -0.25) is 0 Å². The van der Waals surface area contributed by atoms with Crippen LogP contribution in [0.1, 0.15) is 22.6 Å².